The second kappa shape index (κ2) is 9.41. The number of nitrogens with zero attached hydrogens (tertiary/aromatic N) is 3. The summed E-state index contributed by atoms with van der Waals surface area (Å²) in [6.45, 7) is 8.60. The Morgan fingerprint density at radius 3 is 2.53 bits per heavy atom. The van der Waals surface area contributed by atoms with E-state index in [-0.39, 0.29) is 6.09 Å². The van der Waals surface area contributed by atoms with Crippen LogP contribution in [0.15, 0.2) is 48.5 Å². The van der Waals surface area contributed by atoms with Crippen LogP contribution < -0.4 is 5.32 Å². The standard InChI is InChI=1S/C25H31ClN4O2/c1-25(2,3)32-24(31)29-14-12-18(13-15-29)16-27-23-28-21-10-6-7-11-22(21)30(23)17-19-8-4-5-9-20(19)26/h4-11,18H,12-17H2,1-3H3,(H,27,28). The third-order valence-corrected chi connectivity index (χ3v) is 6.12. The minimum Gasteiger partial charge on any atom is -0.444 e. The summed E-state index contributed by atoms with van der Waals surface area (Å²) in [5.41, 5.74) is 2.64. The molecule has 7 heteroatoms. The normalized spacial score (nSPS) is 15.2. The van der Waals surface area contributed by atoms with Gasteiger partial charge in [0.25, 0.3) is 0 Å². The minimum absolute atomic E-state index is 0.217. The summed E-state index contributed by atoms with van der Waals surface area (Å²) in [6, 6.07) is 16.1. The molecule has 0 spiro atoms. The Morgan fingerprint density at radius 2 is 1.81 bits per heavy atom. The molecule has 1 amide bonds. The molecule has 1 aliphatic rings. The monoisotopic (exact) mass is 454 g/mol. The largest absolute Gasteiger partial charge is 0.444 e. The molecule has 3 aromatic rings. The Labute approximate surface area is 194 Å². The van der Waals surface area contributed by atoms with Crippen molar-refractivity contribution in [3.8, 4) is 0 Å². The molecule has 0 bridgehead atoms. The number of aromatic nitrogens is 2. The van der Waals surface area contributed by atoms with Crippen molar-refractivity contribution in [1.29, 1.82) is 0 Å². The molecule has 1 N–H and O–H groups in total. The Morgan fingerprint density at radius 1 is 1.12 bits per heavy atom. The summed E-state index contributed by atoms with van der Waals surface area (Å²) in [5.74, 6) is 1.32. The number of rotatable bonds is 5. The molecule has 1 aromatic heterocycles. The lowest BCUT2D eigenvalue weighted by Crippen LogP contribution is -2.42. The fourth-order valence-electron chi connectivity index (χ4n) is 4.05. The van der Waals surface area contributed by atoms with Gasteiger partial charge in [0.1, 0.15) is 5.60 Å². The van der Waals surface area contributed by atoms with Gasteiger partial charge in [-0.1, -0.05) is 41.9 Å². The zero-order chi connectivity index (χ0) is 22.7. The lowest BCUT2D eigenvalue weighted by Gasteiger charge is -2.33. The maximum Gasteiger partial charge on any atom is 0.410 e. The second-order valence-electron chi connectivity index (χ2n) is 9.39. The molecule has 32 heavy (non-hydrogen) atoms. The Kier molecular flexibility index (Phi) is 6.60. The number of likely N-dealkylation sites (tertiary alicyclic amines) is 1. The van der Waals surface area contributed by atoms with Crippen molar-refractivity contribution in [2.24, 2.45) is 5.92 Å². The van der Waals surface area contributed by atoms with Crippen LogP contribution in [0.25, 0.3) is 11.0 Å². The first-order chi connectivity index (χ1) is 15.3. The zero-order valence-electron chi connectivity index (χ0n) is 19.0. The van der Waals surface area contributed by atoms with Gasteiger partial charge >= 0.3 is 6.09 Å². The van der Waals surface area contributed by atoms with E-state index in [0.29, 0.717) is 12.5 Å². The van der Waals surface area contributed by atoms with Gasteiger partial charge < -0.3 is 19.5 Å². The fourth-order valence-corrected chi connectivity index (χ4v) is 4.24. The Balaban J connectivity index is 1.42. The average molecular weight is 455 g/mol. The van der Waals surface area contributed by atoms with Crippen molar-refractivity contribution in [3.05, 3.63) is 59.1 Å². The smallest absolute Gasteiger partial charge is 0.410 e. The van der Waals surface area contributed by atoms with E-state index in [4.69, 9.17) is 21.3 Å². The molecule has 0 unspecified atom stereocenters. The number of ether oxygens (including phenoxy) is 1. The molecule has 0 saturated carbocycles. The molecular formula is C25H31ClN4O2. The first kappa shape index (κ1) is 22.5. The van der Waals surface area contributed by atoms with Gasteiger partial charge in [0.15, 0.2) is 0 Å². The first-order valence-corrected chi connectivity index (χ1v) is 11.6. The summed E-state index contributed by atoms with van der Waals surface area (Å²) < 4.78 is 7.69. The molecule has 2 aromatic carbocycles. The quantitative estimate of drug-likeness (QED) is 0.529. The van der Waals surface area contributed by atoms with E-state index >= 15 is 0 Å². The van der Waals surface area contributed by atoms with Gasteiger partial charge in [-0.15, -0.1) is 0 Å². The lowest BCUT2D eigenvalue weighted by atomic mass is 9.97. The first-order valence-electron chi connectivity index (χ1n) is 11.2. The number of fused-ring (bicyclic) bond motifs is 1. The molecule has 2 heterocycles. The molecule has 170 valence electrons. The van der Waals surface area contributed by atoms with Crippen molar-refractivity contribution in [3.63, 3.8) is 0 Å². The molecule has 0 aliphatic carbocycles. The summed E-state index contributed by atoms with van der Waals surface area (Å²) in [4.78, 5) is 19.0. The van der Waals surface area contributed by atoms with Crippen molar-refractivity contribution >= 4 is 34.7 Å². The number of anilines is 1. The highest BCUT2D eigenvalue weighted by Gasteiger charge is 2.27. The maximum absolute atomic E-state index is 12.3. The average Bonchev–Trinajstić information content (AvgIpc) is 3.10. The molecule has 1 fully saturated rings. The summed E-state index contributed by atoms with van der Waals surface area (Å²) >= 11 is 6.43. The number of carbonyl (C=O) groups is 1. The maximum atomic E-state index is 12.3. The number of amides is 1. The van der Waals surface area contributed by atoms with Crippen LogP contribution in [0.2, 0.25) is 5.02 Å². The van der Waals surface area contributed by atoms with E-state index in [2.05, 4.69) is 16.0 Å². The summed E-state index contributed by atoms with van der Waals surface area (Å²) in [6.07, 6.45) is 1.67. The van der Waals surface area contributed by atoms with Crippen molar-refractivity contribution in [2.75, 3.05) is 25.0 Å². The highest BCUT2D eigenvalue weighted by atomic mass is 35.5. The fraction of sp³-hybridized carbons (Fsp3) is 0.440. The number of hydrogen-bond donors (Lipinski definition) is 1. The van der Waals surface area contributed by atoms with Crippen molar-refractivity contribution < 1.29 is 9.53 Å². The van der Waals surface area contributed by atoms with Crippen LogP contribution in [0.1, 0.15) is 39.2 Å². The predicted molar refractivity (Wildman–Crippen MR) is 129 cm³/mol. The molecular weight excluding hydrogens is 424 g/mol. The third-order valence-electron chi connectivity index (χ3n) is 5.76. The lowest BCUT2D eigenvalue weighted by molar-refractivity contribution is 0.0188. The van der Waals surface area contributed by atoms with E-state index in [1.54, 1.807) is 0 Å². The number of halogens is 1. The van der Waals surface area contributed by atoms with Crippen LogP contribution in [-0.2, 0) is 11.3 Å². The predicted octanol–water partition coefficient (Wildman–Crippen LogP) is 5.80. The van der Waals surface area contributed by atoms with Gasteiger partial charge in [-0.3, -0.25) is 0 Å². The summed E-state index contributed by atoms with van der Waals surface area (Å²) in [5, 5.41) is 4.32. The van der Waals surface area contributed by atoms with Gasteiger partial charge in [-0.25, -0.2) is 9.78 Å². The van der Waals surface area contributed by atoms with Crippen LogP contribution in [0.4, 0.5) is 10.7 Å². The molecule has 4 rings (SSSR count). The highest BCUT2D eigenvalue weighted by molar-refractivity contribution is 6.31. The number of piperidine rings is 1. The summed E-state index contributed by atoms with van der Waals surface area (Å²) in [7, 11) is 0. The molecule has 0 radical (unpaired) electrons. The zero-order valence-corrected chi connectivity index (χ0v) is 19.7. The van der Waals surface area contributed by atoms with Crippen molar-refractivity contribution in [1.82, 2.24) is 14.5 Å². The minimum atomic E-state index is -0.462. The van der Waals surface area contributed by atoms with Crippen LogP contribution in [0.5, 0.6) is 0 Å². The van der Waals surface area contributed by atoms with Gasteiger partial charge in [0.05, 0.1) is 17.6 Å². The molecule has 0 atom stereocenters. The van der Waals surface area contributed by atoms with E-state index < -0.39 is 5.60 Å². The third kappa shape index (κ3) is 5.36. The van der Waals surface area contributed by atoms with E-state index in [0.717, 1.165) is 60.0 Å². The van der Waals surface area contributed by atoms with E-state index in [1.165, 1.54) is 0 Å². The topological polar surface area (TPSA) is 59.4 Å². The van der Waals surface area contributed by atoms with Crippen LogP contribution in [0.3, 0.4) is 0 Å². The van der Waals surface area contributed by atoms with Crippen LogP contribution in [-0.4, -0.2) is 45.8 Å². The Bertz CT molecular complexity index is 1080. The number of nitrogens with one attached hydrogen (secondary N) is 1. The SMILES string of the molecule is CC(C)(C)OC(=O)N1CCC(CNc2nc3ccccc3n2Cc2ccccc2Cl)CC1. The van der Waals surface area contributed by atoms with Crippen LogP contribution in [0, 0.1) is 5.92 Å². The molecule has 6 nitrogen and oxygen atoms in total. The number of para-hydroxylation sites is 2. The van der Waals surface area contributed by atoms with Gasteiger partial charge in [0.2, 0.25) is 5.95 Å². The van der Waals surface area contributed by atoms with E-state index in [9.17, 15) is 4.79 Å². The highest BCUT2D eigenvalue weighted by Crippen LogP contribution is 2.25. The molecule has 1 aliphatic heterocycles. The van der Waals surface area contributed by atoms with Gasteiger partial charge in [-0.05, 0) is 63.3 Å². The number of imidazole rings is 1. The second-order valence-corrected chi connectivity index (χ2v) is 9.80. The van der Waals surface area contributed by atoms with Gasteiger partial charge in [-0.2, -0.15) is 0 Å². The number of benzene rings is 2. The Hall–Kier alpha value is -2.73. The van der Waals surface area contributed by atoms with Gasteiger partial charge in [0, 0.05) is 24.7 Å². The number of hydrogen-bond acceptors (Lipinski definition) is 4. The van der Waals surface area contributed by atoms with Crippen molar-refractivity contribution in [2.45, 2.75) is 45.8 Å². The van der Waals surface area contributed by atoms with E-state index in [1.807, 2.05) is 68.1 Å². The van der Waals surface area contributed by atoms with Crippen LogP contribution >= 0.6 is 11.6 Å². The number of carbonyl (C=O) groups excluding carboxylic acids is 1. The molecule has 1 saturated heterocycles.